The first-order valence-electron chi connectivity index (χ1n) is 6.65. The van der Waals surface area contributed by atoms with Crippen LogP contribution in [-0.2, 0) is 4.74 Å². The SMILES string of the molecule is CN=C(NCCCOC)NCCNc1ncc(Cl)cc1Cl. The average molecular weight is 334 g/mol. The highest BCUT2D eigenvalue weighted by atomic mass is 35.5. The van der Waals surface area contributed by atoms with Crippen molar-refractivity contribution in [3.63, 3.8) is 0 Å². The number of hydrogen-bond donors (Lipinski definition) is 3. The highest BCUT2D eigenvalue weighted by molar-refractivity contribution is 6.35. The molecule has 0 amide bonds. The van der Waals surface area contributed by atoms with Crippen molar-refractivity contribution in [2.75, 3.05) is 45.7 Å². The van der Waals surface area contributed by atoms with Gasteiger partial charge in [-0.15, -0.1) is 0 Å². The summed E-state index contributed by atoms with van der Waals surface area (Å²) in [6, 6.07) is 1.65. The van der Waals surface area contributed by atoms with Gasteiger partial charge < -0.3 is 20.7 Å². The van der Waals surface area contributed by atoms with E-state index in [0.29, 0.717) is 29.0 Å². The molecule has 1 aromatic rings. The van der Waals surface area contributed by atoms with Gasteiger partial charge in [0.25, 0.3) is 0 Å². The van der Waals surface area contributed by atoms with E-state index >= 15 is 0 Å². The Hall–Kier alpha value is -1.24. The molecule has 1 rings (SSSR count). The molecule has 0 aliphatic rings. The summed E-state index contributed by atoms with van der Waals surface area (Å²) >= 11 is 11.8. The smallest absolute Gasteiger partial charge is 0.191 e. The van der Waals surface area contributed by atoms with Crippen LogP contribution in [0.25, 0.3) is 0 Å². The Morgan fingerprint density at radius 2 is 2.05 bits per heavy atom. The molecule has 1 heterocycles. The third-order valence-corrected chi connectivity index (χ3v) is 3.05. The summed E-state index contributed by atoms with van der Waals surface area (Å²) in [5, 5.41) is 10.5. The van der Waals surface area contributed by atoms with Crippen LogP contribution in [0.3, 0.4) is 0 Å². The zero-order valence-electron chi connectivity index (χ0n) is 12.2. The van der Waals surface area contributed by atoms with E-state index in [1.807, 2.05) is 0 Å². The van der Waals surface area contributed by atoms with Gasteiger partial charge in [-0.05, 0) is 12.5 Å². The molecule has 0 saturated carbocycles. The van der Waals surface area contributed by atoms with Gasteiger partial charge >= 0.3 is 0 Å². The van der Waals surface area contributed by atoms with E-state index < -0.39 is 0 Å². The average Bonchev–Trinajstić information content (AvgIpc) is 2.47. The fourth-order valence-corrected chi connectivity index (χ4v) is 2.00. The maximum Gasteiger partial charge on any atom is 0.191 e. The van der Waals surface area contributed by atoms with Gasteiger partial charge in [-0.1, -0.05) is 23.2 Å². The first-order chi connectivity index (χ1) is 10.2. The van der Waals surface area contributed by atoms with E-state index in [9.17, 15) is 0 Å². The molecule has 8 heteroatoms. The second kappa shape index (κ2) is 10.5. The van der Waals surface area contributed by atoms with E-state index in [2.05, 4.69) is 25.9 Å². The number of hydrogen-bond acceptors (Lipinski definition) is 4. The van der Waals surface area contributed by atoms with Crippen LogP contribution in [0.4, 0.5) is 5.82 Å². The Balaban J connectivity index is 2.22. The molecule has 3 N–H and O–H groups in total. The molecule has 0 spiro atoms. The predicted octanol–water partition coefficient (Wildman–Crippen LogP) is 2.00. The van der Waals surface area contributed by atoms with Crippen molar-refractivity contribution >= 4 is 35.0 Å². The zero-order valence-corrected chi connectivity index (χ0v) is 13.8. The molecular weight excluding hydrogens is 313 g/mol. The molecule has 1 aromatic heterocycles. The lowest BCUT2D eigenvalue weighted by Crippen LogP contribution is -2.40. The summed E-state index contributed by atoms with van der Waals surface area (Å²) in [7, 11) is 3.42. The maximum atomic E-state index is 6.02. The van der Waals surface area contributed by atoms with Crippen LogP contribution in [-0.4, -0.2) is 51.3 Å². The maximum absolute atomic E-state index is 6.02. The van der Waals surface area contributed by atoms with Crippen molar-refractivity contribution in [2.24, 2.45) is 4.99 Å². The lowest BCUT2D eigenvalue weighted by atomic mass is 10.4. The quantitative estimate of drug-likeness (QED) is 0.385. The molecule has 0 aliphatic carbocycles. The molecule has 0 bridgehead atoms. The van der Waals surface area contributed by atoms with Crippen molar-refractivity contribution in [3.05, 3.63) is 22.3 Å². The fraction of sp³-hybridized carbons (Fsp3) is 0.538. The monoisotopic (exact) mass is 333 g/mol. The van der Waals surface area contributed by atoms with Crippen LogP contribution in [0.15, 0.2) is 17.3 Å². The van der Waals surface area contributed by atoms with Gasteiger partial charge in [-0.2, -0.15) is 0 Å². The largest absolute Gasteiger partial charge is 0.385 e. The predicted molar refractivity (Wildman–Crippen MR) is 88.6 cm³/mol. The number of nitrogens with zero attached hydrogens (tertiary/aromatic N) is 2. The van der Waals surface area contributed by atoms with Crippen molar-refractivity contribution in [2.45, 2.75) is 6.42 Å². The Bertz CT molecular complexity index is 456. The molecule has 21 heavy (non-hydrogen) atoms. The summed E-state index contributed by atoms with van der Waals surface area (Å²) in [4.78, 5) is 8.25. The van der Waals surface area contributed by atoms with Gasteiger partial charge in [0, 0.05) is 46.6 Å². The van der Waals surface area contributed by atoms with Gasteiger partial charge in [0.2, 0.25) is 0 Å². The number of pyridine rings is 1. The standard InChI is InChI=1S/C13H21Cl2N5O/c1-16-13(18-4-3-7-21-2)19-6-5-17-12-11(15)8-10(14)9-20-12/h8-9H,3-7H2,1-2H3,(H,17,20)(H2,16,18,19). The molecule has 6 nitrogen and oxygen atoms in total. The number of aromatic nitrogens is 1. The fourth-order valence-electron chi connectivity index (χ4n) is 1.55. The summed E-state index contributed by atoms with van der Waals surface area (Å²) in [5.41, 5.74) is 0. The molecule has 0 atom stereocenters. The van der Waals surface area contributed by atoms with Gasteiger partial charge in [0.05, 0.1) is 10.0 Å². The second-order valence-corrected chi connectivity index (χ2v) is 5.03. The molecule has 0 saturated heterocycles. The number of halogens is 2. The Morgan fingerprint density at radius 1 is 1.29 bits per heavy atom. The van der Waals surface area contributed by atoms with Crippen molar-refractivity contribution < 1.29 is 4.74 Å². The van der Waals surface area contributed by atoms with Crippen molar-refractivity contribution in [1.29, 1.82) is 0 Å². The lowest BCUT2D eigenvalue weighted by Gasteiger charge is -2.12. The van der Waals surface area contributed by atoms with Crippen LogP contribution in [0, 0.1) is 0 Å². The summed E-state index contributed by atoms with van der Waals surface area (Å²) < 4.78 is 4.99. The minimum Gasteiger partial charge on any atom is -0.385 e. The molecule has 0 fully saturated rings. The van der Waals surface area contributed by atoms with Crippen LogP contribution in [0.2, 0.25) is 10.0 Å². The number of guanidine groups is 1. The summed E-state index contributed by atoms with van der Waals surface area (Å²) in [5.74, 6) is 1.37. The van der Waals surface area contributed by atoms with Crippen LogP contribution in [0.5, 0.6) is 0 Å². The van der Waals surface area contributed by atoms with Crippen LogP contribution in [0.1, 0.15) is 6.42 Å². The number of aliphatic imine (C=N–C) groups is 1. The molecule has 0 radical (unpaired) electrons. The molecule has 0 unspecified atom stereocenters. The Kier molecular flexibility index (Phi) is 8.89. The summed E-state index contributed by atoms with van der Waals surface area (Å²) in [6.07, 6.45) is 2.49. The first-order valence-corrected chi connectivity index (χ1v) is 7.41. The molecular formula is C13H21Cl2N5O. The molecule has 0 aromatic carbocycles. The zero-order chi connectivity index (χ0) is 15.5. The van der Waals surface area contributed by atoms with Gasteiger partial charge in [0.15, 0.2) is 5.96 Å². The highest BCUT2D eigenvalue weighted by Gasteiger charge is 2.02. The van der Waals surface area contributed by atoms with E-state index in [4.69, 9.17) is 27.9 Å². The van der Waals surface area contributed by atoms with Crippen molar-refractivity contribution in [3.8, 4) is 0 Å². The van der Waals surface area contributed by atoms with Crippen LogP contribution < -0.4 is 16.0 Å². The topological polar surface area (TPSA) is 70.6 Å². The van der Waals surface area contributed by atoms with E-state index in [1.165, 1.54) is 0 Å². The minimum atomic E-state index is 0.504. The number of anilines is 1. The van der Waals surface area contributed by atoms with Crippen molar-refractivity contribution in [1.82, 2.24) is 15.6 Å². The summed E-state index contributed by atoms with van der Waals surface area (Å²) in [6.45, 7) is 2.88. The normalized spacial score (nSPS) is 11.3. The third kappa shape index (κ3) is 7.36. The number of methoxy groups -OCH3 is 1. The second-order valence-electron chi connectivity index (χ2n) is 4.18. The van der Waals surface area contributed by atoms with E-state index in [1.54, 1.807) is 26.4 Å². The number of rotatable bonds is 8. The van der Waals surface area contributed by atoms with Gasteiger partial charge in [-0.25, -0.2) is 4.98 Å². The third-order valence-electron chi connectivity index (χ3n) is 2.56. The number of nitrogens with one attached hydrogen (secondary N) is 3. The Morgan fingerprint density at radius 3 is 2.71 bits per heavy atom. The van der Waals surface area contributed by atoms with Gasteiger partial charge in [0.1, 0.15) is 5.82 Å². The van der Waals surface area contributed by atoms with E-state index in [0.717, 1.165) is 25.5 Å². The van der Waals surface area contributed by atoms with Gasteiger partial charge in [-0.3, -0.25) is 4.99 Å². The first kappa shape index (κ1) is 17.8. The lowest BCUT2D eigenvalue weighted by molar-refractivity contribution is 0.195. The van der Waals surface area contributed by atoms with E-state index in [-0.39, 0.29) is 0 Å². The Labute approximate surface area is 135 Å². The molecule has 0 aliphatic heterocycles. The van der Waals surface area contributed by atoms with Crippen LogP contribution >= 0.6 is 23.2 Å². The minimum absolute atomic E-state index is 0.504. The molecule has 118 valence electrons. The number of ether oxygens (including phenoxy) is 1. The highest BCUT2D eigenvalue weighted by Crippen LogP contribution is 2.21.